The molecule has 136 valence electrons. The number of imidazole rings is 1. The summed E-state index contributed by atoms with van der Waals surface area (Å²) < 4.78 is 29.0. The quantitative estimate of drug-likeness (QED) is 0.888. The number of fused-ring (bicyclic) bond motifs is 2. The summed E-state index contributed by atoms with van der Waals surface area (Å²) >= 11 is 0. The minimum atomic E-state index is -2.12. The van der Waals surface area contributed by atoms with Crippen LogP contribution in [0.1, 0.15) is 49.2 Å². The number of halogens is 2. The molecule has 0 aromatic carbocycles. The molecule has 8 heteroatoms. The number of rotatable bonds is 3. The summed E-state index contributed by atoms with van der Waals surface area (Å²) in [5.74, 6) is -1.20. The van der Waals surface area contributed by atoms with E-state index >= 15 is 0 Å². The summed E-state index contributed by atoms with van der Waals surface area (Å²) in [6, 6.07) is 1.33. The number of nitrogens with zero attached hydrogens (tertiary/aromatic N) is 1. The topological polar surface area (TPSA) is 83.8 Å². The molecule has 4 heterocycles. The Bertz CT molecular complexity index is 865. The van der Waals surface area contributed by atoms with Gasteiger partial charge in [0.15, 0.2) is 5.43 Å². The molecule has 6 nitrogen and oxygen atoms in total. The second-order valence-electron chi connectivity index (χ2n) is 6.99. The molecule has 1 saturated carbocycles. The fourth-order valence-electron chi connectivity index (χ4n) is 3.66. The smallest absolute Gasteiger partial charge is 0.341 e. The lowest BCUT2D eigenvalue weighted by molar-refractivity contribution is 0.0154. The lowest BCUT2D eigenvalue weighted by Gasteiger charge is -2.41. The highest BCUT2D eigenvalue weighted by Crippen LogP contribution is 2.58. The van der Waals surface area contributed by atoms with Crippen molar-refractivity contribution in [3.05, 3.63) is 39.9 Å². The van der Waals surface area contributed by atoms with Crippen molar-refractivity contribution < 1.29 is 23.4 Å². The summed E-state index contributed by atoms with van der Waals surface area (Å²) in [7, 11) is 0. The van der Waals surface area contributed by atoms with Crippen molar-refractivity contribution in [2.75, 3.05) is 6.61 Å². The first-order valence-corrected chi connectivity index (χ1v) is 8.09. The molecule has 0 unspecified atom stereocenters. The minimum Gasteiger partial charge on any atom is -0.477 e. The Hall–Kier alpha value is -2.22. The first-order valence-electron chi connectivity index (χ1n) is 8.09. The molecule has 1 aliphatic carbocycles. The van der Waals surface area contributed by atoms with E-state index in [0.717, 1.165) is 18.5 Å². The van der Waals surface area contributed by atoms with E-state index in [1.165, 1.54) is 19.2 Å². The van der Waals surface area contributed by atoms with Crippen LogP contribution in [0.3, 0.4) is 0 Å². The van der Waals surface area contributed by atoms with Gasteiger partial charge in [-0.3, -0.25) is 4.79 Å². The van der Waals surface area contributed by atoms with Gasteiger partial charge in [0.1, 0.15) is 11.2 Å². The highest BCUT2D eigenvalue weighted by molar-refractivity contribution is 5.87. The second kappa shape index (κ2) is 5.94. The SMILES string of the molecule is CC12CC(c3cn4cc(C(=O)O)c(=O)cc4[nH]3)(CO1)C2.CCC(F)F. The van der Waals surface area contributed by atoms with Crippen LogP contribution < -0.4 is 5.43 Å². The number of aromatic carboxylic acids is 1. The highest BCUT2D eigenvalue weighted by Gasteiger charge is 2.61. The average Bonchev–Trinajstić information content (AvgIpc) is 3.16. The number of H-pyrrole nitrogens is 1. The van der Waals surface area contributed by atoms with E-state index in [2.05, 4.69) is 11.9 Å². The van der Waals surface area contributed by atoms with Gasteiger partial charge in [-0.15, -0.1) is 0 Å². The first-order chi connectivity index (χ1) is 11.7. The third-order valence-electron chi connectivity index (χ3n) is 4.84. The molecule has 0 amide bonds. The Balaban J connectivity index is 0.000000324. The van der Waals surface area contributed by atoms with Gasteiger partial charge in [-0.2, -0.15) is 0 Å². The van der Waals surface area contributed by atoms with Crippen LogP contribution in [-0.4, -0.2) is 39.1 Å². The van der Waals surface area contributed by atoms with E-state index in [0.29, 0.717) is 12.3 Å². The molecule has 2 aromatic heterocycles. The molecule has 2 saturated heterocycles. The van der Waals surface area contributed by atoms with Crippen LogP contribution in [0.15, 0.2) is 23.3 Å². The standard InChI is InChI=1S/C14H14N2O4.C3H6F2/c1-13-5-14(6-13,7-20-13)10-4-16-3-8(12(18)19)9(17)2-11(16)15-10;1-2-3(4)5/h2-4,15H,5-7H2,1H3,(H,18,19);3H,2H2,1H3. The van der Waals surface area contributed by atoms with Gasteiger partial charge in [0.25, 0.3) is 0 Å². The summed E-state index contributed by atoms with van der Waals surface area (Å²) in [5.41, 5.74) is 0.904. The summed E-state index contributed by atoms with van der Waals surface area (Å²) in [6.45, 7) is 4.23. The van der Waals surface area contributed by atoms with Gasteiger partial charge in [-0.25, -0.2) is 13.6 Å². The highest BCUT2D eigenvalue weighted by atomic mass is 19.3. The molecule has 0 radical (unpaired) electrons. The molecule has 25 heavy (non-hydrogen) atoms. The van der Waals surface area contributed by atoms with E-state index in [1.54, 1.807) is 4.40 Å². The van der Waals surface area contributed by atoms with Crippen LogP contribution >= 0.6 is 0 Å². The first kappa shape index (κ1) is 17.6. The van der Waals surface area contributed by atoms with Crippen molar-refractivity contribution in [1.29, 1.82) is 0 Å². The molecular weight excluding hydrogens is 334 g/mol. The Morgan fingerprint density at radius 3 is 2.56 bits per heavy atom. The summed E-state index contributed by atoms with van der Waals surface area (Å²) in [4.78, 5) is 25.9. The summed E-state index contributed by atoms with van der Waals surface area (Å²) in [6.07, 6.45) is 3.02. The van der Waals surface area contributed by atoms with E-state index in [1.807, 2.05) is 6.20 Å². The fraction of sp³-hybridized carbons (Fsp3) is 0.529. The van der Waals surface area contributed by atoms with Crippen molar-refractivity contribution in [1.82, 2.24) is 9.38 Å². The van der Waals surface area contributed by atoms with Gasteiger partial charge in [0, 0.05) is 36.0 Å². The normalized spacial score (nSPS) is 27.1. The Morgan fingerprint density at radius 1 is 1.44 bits per heavy atom. The number of aromatic amines is 1. The number of carboxylic acids is 1. The summed E-state index contributed by atoms with van der Waals surface area (Å²) in [5, 5.41) is 8.99. The van der Waals surface area contributed by atoms with Gasteiger partial charge in [0.05, 0.1) is 12.2 Å². The number of pyridine rings is 1. The van der Waals surface area contributed by atoms with Gasteiger partial charge < -0.3 is 19.2 Å². The maximum Gasteiger partial charge on any atom is 0.341 e. The molecule has 2 aromatic rings. The molecule has 3 fully saturated rings. The monoisotopic (exact) mass is 354 g/mol. The van der Waals surface area contributed by atoms with Crippen molar-refractivity contribution in [2.45, 2.75) is 50.6 Å². The lowest BCUT2D eigenvalue weighted by Crippen LogP contribution is -2.45. The number of hydrogen-bond acceptors (Lipinski definition) is 3. The molecule has 3 aliphatic rings. The lowest BCUT2D eigenvalue weighted by atomic mass is 9.62. The van der Waals surface area contributed by atoms with E-state index in [-0.39, 0.29) is 23.0 Å². The van der Waals surface area contributed by atoms with Crippen molar-refractivity contribution in [3.8, 4) is 0 Å². The largest absolute Gasteiger partial charge is 0.477 e. The zero-order chi connectivity index (χ0) is 18.4. The molecule has 0 spiro atoms. The number of alkyl halides is 2. The number of ether oxygens (including phenoxy) is 1. The molecule has 5 rings (SSSR count). The molecule has 2 bridgehead atoms. The van der Waals surface area contributed by atoms with Crippen molar-refractivity contribution >= 4 is 11.6 Å². The van der Waals surface area contributed by atoms with Gasteiger partial charge >= 0.3 is 5.97 Å². The van der Waals surface area contributed by atoms with Crippen LogP contribution in [0.5, 0.6) is 0 Å². The molecular formula is C17H20F2N2O4. The molecule has 2 aliphatic heterocycles. The Morgan fingerprint density at radius 2 is 2.08 bits per heavy atom. The van der Waals surface area contributed by atoms with Crippen LogP contribution in [-0.2, 0) is 10.2 Å². The van der Waals surface area contributed by atoms with Crippen LogP contribution in [0.25, 0.3) is 5.65 Å². The Labute approximate surface area is 142 Å². The maximum atomic E-state index is 11.7. The minimum absolute atomic E-state index is 0.00674. The second-order valence-corrected chi connectivity index (χ2v) is 6.99. The predicted molar refractivity (Wildman–Crippen MR) is 86.5 cm³/mol. The van der Waals surface area contributed by atoms with E-state index in [4.69, 9.17) is 9.84 Å². The number of carbonyl (C=O) groups is 1. The fourth-order valence-corrected chi connectivity index (χ4v) is 3.66. The van der Waals surface area contributed by atoms with Crippen molar-refractivity contribution in [2.24, 2.45) is 0 Å². The van der Waals surface area contributed by atoms with Gasteiger partial charge in [0.2, 0.25) is 6.43 Å². The third-order valence-corrected chi connectivity index (χ3v) is 4.84. The molecule has 0 atom stereocenters. The number of hydrogen-bond donors (Lipinski definition) is 2. The number of aromatic nitrogens is 2. The van der Waals surface area contributed by atoms with Crippen LogP contribution in [0, 0.1) is 0 Å². The van der Waals surface area contributed by atoms with E-state index < -0.39 is 17.8 Å². The zero-order valence-electron chi connectivity index (χ0n) is 14.0. The molecule has 2 N–H and O–H groups in total. The maximum absolute atomic E-state index is 11.7. The number of carboxylic acid groups (broad SMARTS) is 1. The van der Waals surface area contributed by atoms with Crippen LogP contribution in [0.2, 0.25) is 0 Å². The van der Waals surface area contributed by atoms with E-state index in [9.17, 15) is 18.4 Å². The van der Waals surface area contributed by atoms with Gasteiger partial charge in [-0.1, -0.05) is 6.92 Å². The van der Waals surface area contributed by atoms with Gasteiger partial charge in [-0.05, 0) is 19.8 Å². The average molecular weight is 354 g/mol. The third kappa shape index (κ3) is 3.06. The van der Waals surface area contributed by atoms with Crippen molar-refractivity contribution in [3.63, 3.8) is 0 Å². The zero-order valence-corrected chi connectivity index (χ0v) is 14.0. The van der Waals surface area contributed by atoms with Crippen LogP contribution in [0.4, 0.5) is 8.78 Å². The Kier molecular flexibility index (Phi) is 4.18. The number of nitrogens with one attached hydrogen (secondary N) is 1. The predicted octanol–water partition coefficient (Wildman–Crippen LogP) is 2.81.